The van der Waals surface area contributed by atoms with Crippen LogP contribution in [-0.4, -0.2) is 29.3 Å². The van der Waals surface area contributed by atoms with Crippen molar-refractivity contribution in [3.63, 3.8) is 0 Å². The molecule has 7 nitrogen and oxygen atoms in total. The van der Waals surface area contributed by atoms with Crippen LogP contribution in [-0.2, 0) is 14.4 Å². The summed E-state index contributed by atoms with van der Waals surface area (Å²) in [6, 6.07) is 0.128. The van der Waals surface area contributed by atoms with E-state index in [1.165, 1.54) is 0 Å². The molecule has 0 heterocycles. The zero-order valence-electron chi connectivity index (χ0n) is 12.3. The fourth-order valence-electron chi connectivity index (χ4n) is 2.29. The lowest BCUT2D eigenvalue weighted by atomic mass is 9.82. The molecule has 7 N–H and O–H groups in total. The molecule has 0 aliphatic heterocycles. The molecule has 0 aromatic carbocycles. The second-order valence-electron chi connectivity index (χ2n) is 5.48. The molecule has 0 atom stereocenters. The Balaban J connectivity index is 4.97. The Labute approximate surface area is 119 Å². The van der Waals surface area contributed by atoms with E-state index in [1.807, 2.05) is 13.8 Å². The van der Waals surface area contributed by atoms with Gasteiger partial charge >= 0.3 is 0 Å². The molecule has 0 bridgehead atoms. The first-order valence-electron chi connectivity index (χ1n) is 6.79. The summed E-state index contributed by atoms with van der Waals surface area (Å²) >= 11 is 0. The minimum Gasteiger partial charge on any atom is -0.370 e. The molecule has 0 radical (unpaired) electrons. The maximum absolute atomic E-state index is 11.0. The van der Waals surface area contributed by atoms with Crippen molar-refractivity contribution in [2.75, 3.05) is 0 Å². The van der Waals surface area contributed by atoms with E-state index in [1.54, 1.807) is 0 Å². The van der Waals surface area contributed by atoms with Crippen LogP contribution in [0.4, 0.5) is 0 Å². The molecule has 0 aliphatic rings. The van der Waals surface area contributed by atoms with Crippen LogP contribution in [0.2, 0.25) is 0 Å². The lowest BCUT2D eigenvalue weighted by molar-refractivity contribution is -0.118. The molecule has 0 aromatic heterocycles. The largest absolute Gasteiger partial charge is 0.370 e. The molecule has 7 heteroatoms. The Bertz CT molecular complexity index is 310. The summed E-state index contributed by atoms with van der Waals surface area (Å²) in [7, 11) is 0. The van der Waals surface area contributed by atoms with Gasteiger partial charge in [0.15, 0.2) is 0 Å². The summed E-state index contributed by atoms with van der Waals surface area (Å²) in [5, 5.41) is 3.34. The van der Waals surface area contributed by atoms with E-state index in [9.17, 15) is 14.4 Å². The molecule has 20 heavy (non-hydrogen) atoms. The molecule has 0 saturated heterocycles. The summed E-state index contributed by atoms with van der Waals surface area (Å²) in [6.07, 6.45) is 1.87. The van der Waals surface area contributed by atoms with Gasteiger partial charge < -0.3 is 22.5 Å². The number of primary amides is 3. The number of nitrogens with two attached hydrogens (primary N) is 3. The highest BCUT2D eigenvalue weighted by atomic mass is 16.1. The summed E-state index contributed by atoms with van der Waals surface area (Å²) in [5.74, 6) is -1.26. The predicted molar refractivity (Wildman–Crippen MR) is 76.3 cm³/mol. The minimum absolute atomic E-state index is 0.128. The van der Waals surface area contributed by atoms with Crippen molar-refractivity contribution in [2.24, 2.45) is 17.2 Å². The standard InChI is InChI=1S/C13H26N4O3/c1-9(2)17-13(6-3-10(14)18,7-4-11(15)19)8-5-12(16)20/h9,17H,3-8H2,1-2H3,(H2,14,18)(H2,15,19)(H2,16,20). The van der Waals surface area contributed by atoms with E-state index in [0.29, 0.717) is 19.3 Å². The molecule has 0 unspecified atom stereocenters. The number of hydrogen-bond donors (Lipinski definition) is 4. The van der Waals surface area contributed by atoms with Crippen molar-refractivity contribution < 1.29 is 14.4 Å². The lowest BCUT2D eigenvalue weighted by Gasteiger charge is -2.36. The van der Waals surface area contributed by atoms with Gasteiger partial charge in [0.2, 0.25) is 17.7 Å². The zero-order chi connectivity index (χ0) is 15.8. The predicted octanol–water partition coefficient (Wildman–Crippen LogP) is -0.480. The van der Waals surface area contributed by atoms with Gasteiger partial charge in [-0.1, -0.05) is 13.8 Å². The van der Waals surface area contributed by atoms with Gasteiger partial charge in [-0.05, 0) is 19.3 Å². The highest BCUT2D eigenvalue weighted by Crippen LogP contribution is 2.26. The van der Waals surface area contributed by atoms with Crippen molar-refractivity contribution in [3.8, 4) is 0 Å². The van der Waals surface area contributed by atoms with Crippen LogP contribution >= 0.6 is 0 Å². The molecule has 0 spiro atoms. The Morgan fingerprint density at radius 3 is 1.35 bits per heavy atom. The van der Waals surface area contributed by atoms with Crippen molar-refractivity contribution in [1.29, 1.82) is 0 Å². The van der Waals surface area contributed by atoms with Crippen LogP contribution in [0, 0.1) is 0 Å². The van der Waals surface area contributed by atoms with E-state index in [0.717, 1.165) is 0 Å². The molecule has 0 rings (SSSR count). The average Bonchev–Trinajstić information content (AvgIpc) is 2.30. The third-order valence-electron chi connectivity index (χ3n) is 3.14. The van der Waals surface area contributed by atoms with Crippen molar-refractivity contribution in [1.82, 2.24) is 5.32 Å². The minimum atomic E-state index is -0.534. The Kier molecular flexibility index (Phi) is 7.83. The monoisotopic (exact) mass is 286 g/mol. The van der Waals surface area contributed by atoms with Crippen LogP contribution in [0.15, 0.2) is 0 Å². The SMILES string of the molecule is CC(C)NC(CCC(N)=O)(CCC(N)=O)CCC(N)=O. The third kappa shape index (κ3) is 8.47. The fourth-order valence-corrected chi connectivity index (χ4v) is 2.29. The van der Waals surface area contributed by atoms with Crippen molar-refractivity contribution in [2.45, 2.75) is 64.0 Å². The van der Waals surface area contributed by atoms with Crippen LogP contribution in [0.3, 0.4) is 0 Å². The van der Waals surface area contributed by atoms with Gasteiger partial charge in [0.05, 0.1) is 0 Å². The normalized spacial score (nSPS) is 11.6. The number of carbonyl (C=O) groups excluding carboxylic acids is 3. The van der Waals surface area contributed by atoms with E-state index in [-0.39, 0.29) is 25.3 Å². The van der Waals surface area contributed by atoms with Gasteiger partial charge in [-0.25, -0.2) is 0 Å². The van der Waals surface area contributed by atoms with Gasteiger partial charge in [-0.15, -0.1) is 0 Å². The summed E-state index contributed by atoms with van der Waals surface area (Å²) in [6.45, 7) is 3.90. The first-order chi connectivity index (χ1) is 9.17. The summed E-state index contributed by atoms with van der Waals surface area (Å²) < 4.78 is 0. The van der Waals surface area contributed by atoms with Gasteiger partial charge in [0.1, 0.15) is 0 Å². The maximum atomic E-state index is 11.0. The van der Waals surface area contributed by atoms with Gasteiger partial charge in [-0.2, -0.15) is 0 Å². The number of carbonyl (C=O) groups is 3. The second-order valence-corrected chi connectivity index (χ2v) is 5.48. The molecular weight excluding hydrogens is 260 g/mol. The van der Waals surface area contributed by atoms with Crippen LogP contribution < -0.4 is 22.5 Å². The zero-order valence-corrected chi connectivity index (χ0v) is 12.3. The van der Waals surface area contributed by atoms with Gasteiger partial charge in [0, 0.05) is 30.8 Å². The first-order valence-corrected chi connectivity index (χ1v) is 6.79. The van der Waals surface area contributed by atoms with Crippen LogP contribution in [0.1, 0.15) is 52.4 Å². The summed E-state index contributed by atoms with van der Waals surface area (Å²) in [4.78, 5) is 33.1. The van der Waals surface area contributed by atoms with E-state index < -0.39 is 23.3 Å². The van der Waals surface area contributed by atoms with Crippen molar-refractivity contribution >= 4 is 17.7 Å². The number of rotatable bonds is 11. The maximum Gasteiger partial charge on any atom is 0.217 e. The highest BCUT2D eigenvalue weighted by molar-refractivity contribution is 5.75. The van der Waals surface area contributed by atoms with Crippen LogP contribution in [0.25, 0.3) is 0 Å². The Morgan fingerprint density at radius 2 is 1.15 bits per heavy atom. The lowest BCUT2D eigenvalue weighted by Crippen LogP contribution is -2.50. The number of nitrogens with one attached hydrogen (secondary N) is 1. The molecule has 0 aromatic rings. The first kappa shape index (κ1) is 18.4. The second kappa shape index (κ2) is 8.52. The van der Waals surface area contributed by atoms with E-state index >= 15 is 0 Å². The Hall–Kier alpha value is -1.63. The van der Waals surface area contributed by atoms with Gasteiger partial charge in [0.25, 0.3) is 0 Å². The Morgan fingerprint density at radius 1 is 0.850 bits per heavy atom. The van der Waals surface area contributed by atoms with E-state index in [2.05, 4.69) is 5.32 Å². The molecule has 0 saturated carbocycles. The third-order valence-corrected chi connectivity index (χ3v) is 3.14. The van der Waals surface area contributed by atoms with Crippen LogP contribution in [0.5, 0.6) is 0 Å². The van der Waals surface area contributed by atoms with Gasteiger partial charge in [-0.3, -0.25) is 14.4 Å². The molecule has 3 amide bonds. The quantitative estimate of drug-likeness (QED) is 0.407. The van der Waals surface area contributed by atoms with Crippen molar-refractivity contribution in [3.05, 3.63) is 0 Å². The molecule has 116 valence electrons. The fraction of sp³-hybridized carbons (Fsp3) is 0.769. The highest BCUT2D eigenvalue weighted by Gasteiger charge is 2.31. The molecule has 0 fully saturated rings. The smallest absolute Gasteiger partial charge is 0.217 e. The average molecular weight is 286 g/mol. The number of hydrogen-bond acceptors (Lipinski definition) is 4. The molecular formula is C13H26N4O3. The number of amides is 3. The van der Waals surface area contributed by atoms with E-state index in [4.69, 9.17) is 17.2 Å². The summed E-state index contributed by atoms with van der Waals surface area (Å²) in [5.41, 5.74) is 15.0. The molecule has 0 aliphatic carbocycles. The topological polar surface area (TPSA) is 141 Å².